The van der Waals surface area contributed by atoms with Crippen molar-refractivity contribution in [1.29, 1.82) is 0 Å². The molecule has 5 nitrogen and oxygen atoms in total. The maximum atomic E-state index is 13.3. The number of nitrogens with zero attached hydrogens (tertiary/aromatic N) is 2. The summed E-state index contributed by atoms with van der Waals surface area (Å²) in [5.74, 6) is -0.268. The number of alkyl halides is 2. The van der Waals surface area contributed by atoms with Gasteiger partial charge in [0.15, 0.2) is 11.5 Å². The van der Waals surface area contributed by atoms with Crippen molar-refractivity contribution in [1.82, 2.24) is 9.97 Å². The topological polar surface area (TPSA) is 56.3 Å². The van der Waals surface area contributed by atoms with E-state index >= 15 is 0 Å². The zero-order chi connectivity index (χ0) is 17.4. The van der Waals surface area contributed by atoms with Gasteiger partial charge in [0, 0.05) is 29.2 Å². The van der Waals surface area contributed by atoms with Gasteiger partial charge in [-0.15, -0.1) is 8.78 Å². The summed E-state index contributed by atoms with van der Waals surface area (Å²) in [5, 5.41) is 2.85. The van der Waals surface area contributed by atoms with Gasteiger partial charge in [-0.1, -0.05) is 18.2 Å². The van der Waals surface area contributed by atoms with Crippen molar-refractivity contribution in [3.63, 3.8) is 0 Å². The summed E-state index contributed by atoms with van der Waals surface area (Å²) < 4.78 is 48.7. The lowest BCUT2D eigenvalue weighted by molar-refractivity contribution is -0.286. The maximum absolute atomic E-state index is 13.3. The Kier molecular flexibility index (Phi) is 3.45. The number of rotatable bonds is 3. The van der Waals surface area contributed by atoms with Crippen LogP contribution in [0.1, 0.15) is 0 Å². The summed E-state index contributed by atoms with van der Waals surface area (Å²) >= 11 is 0. The van der Waals surface area contributed by atoms with Crippen molar-refractivity contribution in [2.24, 2.45) is 0 Å². The number of anilines is 2. The quantitative estimate of drug-likeness (QED) is 0.765. The van der Waals surface area contributed by atoms with Crippen LogP contribution < -0.4 is 14.8 Å². The van der Waals surface area contributed by atoms with Crippen molar-refractivity contribution >= 4 is 11.6 Å². The highest BCUT2D eigenvalue weighted by atomic mass is 19.3. The van der Waals surface area contributed by atoms with Crippen molar-refractivity contribution in [2.75, 3.05) is 5.32 Å². The average Bonchev–Trinajstić information content (AvgIpc) is 2.89. The Morgan fingerprint density at radius 3 is 2.48 bits per heavy atom. The highest BCUT2D eigenvalue weighted by Gasteiger charge is 2.44. The molecule has 0 radical (unpaired) electrons. The molecule has 4 rings (SSSR count). The molecule has 0 atom stereocenters. The predicted molar refractivity (Wildman–Crippen MR) is 83.4 cm³/mol. The Balaban J connectivity index is 1.61. The van der Waals surface area contributed by atoms with E-state index in [1.54, 1.807) is 24.3 Å². The summed E-state index contributed by atoms with van der Waals surface area (Å²) in [6.07, 6.45) is -0.799. The molecular weight excluding hydrogens is 335 g/mol. The molecule has 0 amide bonds. The van der Waals surface area contributed by atoms with E-state index in [4.69, 9.17) is 0 Å². The fourth-order valence-corrected chi connectivity index (χ4v) is 2.42. The van der Waals surface area contributed by atoms with Gasteiger partial charge in [-0.25, -0.2) is 14.4 Å². The number of benzene rings is 2. The molecule has 2 aromatic carbocycles. The molecule has 0 saturated heterocycles. The van der Waals surface area contributed by atoms with E-state index in [2.05, 4.69) is 24.8 Å². The van der Waals surface area contributed by atoms with Crippen molar-refractivity contribution in [2.45, 2.75) is 6.29 Å². The molecule has 0 saturated carbocycles. The second-order valence-electron chi connectivity index (χ2n) is 5.23. The van der Waals surface area contributed by atoms with Gasteiger partial charge in [-0.05, 0) is 24.3 Å². The second-order valence-corrected chi connectivity index (χ2v) is 5.23. The average molecular weight is 345 g/mol. The third-order valence-corrected chi connectivity index (χ3v) is 3.47. The predicted octanol–water partition coefficient (Wildman–Crippen LogP) is 4.35. The van der Waals surface area contributed by atoms with Gasteiger partial charge in [0.25, 0.3) is 0 Å². The van der Waals surface area contributed by atoms with Gasteiger partial charge < -0.3 is 14.8 Å². The summed E-state index contributed by atoms with van der Waals surface area (Å²) in [7, 11) is 0. The number of ether oxygens (including phenoxy) is 2. The Morgan fingerprint density at radius 2 is 1.72 bits per heavy atom. The van der Waals surface area contributed by atoms with Gasteiger partial charge >= 0.3 is 6.29 Å². The van der Waals surface area contributed by atoms with Crippen molar-refractivity contribution in [3.8, 4) is 22.6 Å². The van der Waals surface area contributed by atoms with Gasteiger partial charge in [-0.2, -0.15) is 0 Å². The number of para-hydroxylation sites is 1. The van der Waals surface area contributed by atoms with E-state index < -0.39 is 6.29 Å². The molecule has 2 heterocycles. The van der Waals surface area contributed by atoms with E-state index in [0.29, 0.717) is 16.8 Å². The third-order valence-electron chi connectivity index (χ3n) is 3.47. The largest absolute Gasteiger partial charge is 0.586 e. The molecule has 126 valence electrons. The SMILES string of the molecule is Fc1cccc(Nc2ncc(-c3cccc4c3OC(F)(F)O4)cn2)c1. The first kappa shape index (κ1) is 15.3. The van der Waals surface area contributed by atoms with E-state index in [0.717, 1.165) is 0 Å². The van der Waals surface area contributed by atoms with Crippen LogP contribution in [0.3, 0.4) is 0 Å². The molecule has 3 aromatic rings. The summed E-state index contributed by atoms with van der Waals surface area (Å²) in [5.41, 5.74) is 1.35. The minimum Gasteiger partial charge on any atom is -0.395 e. The summed E-state index contributed by atoms with van der Waals surface area (Å²) in [6, 6.07) is 10.4. The van der Waals surface area contributed by atoms with E-state index in [-0.39, 0.29) is 23.3 Å². The lowest BCUT2D eigenvalue weighted by Crippen LogP contribution is -2.26. The maximum Gasteiger partial charge on any atom is 0.586 e. The number of hydrogen-bond acceptors (Lipinski definition) is 5. The first-order valence-electron chi connectivity index (χ1n) is 7.24. The summed E-state index contributed by atoms with van der Waals surface area (Å²) in [6.45, 7) is 0. The molecule has 1 aliphatic heterocycles. The molecule has 0 aliphatic carbocycles. The molecule has 8 heteroatoms. The molecule has 25 heavy (non-hydrogen) atoms. The molecule has 1 aromatic heterocycles. The van der Waals surface area contributed by atoms with E-state index in [9.17, 15) is 13.2 Å². The van der Waals surface area contributed by atoms with Crippen LogP contribution in [0.5, 0.6) is 11.5 Å². The Bertz CT molecular complexity index is 933. The first-order valence-corrected chi connectivity index (χ1v) is 7.24. The summed E-state index contributed by atoms with van der Waals surface area (Å²) in [4.78, 5) is 8.23. The number of hydrogen-bond donors (Lipinski definition) is 1. The number of fused-ring (bicyclic) bond motifs is 1. The lowest BCUT2D eigenvalue weighted by atomic mass is 10.1. The van der Waals surface area contributed by atoms with Gasteiger partial charge in [0.05, 0.1) is 0 Å². The standard InChI is InChI=1S/C17H10F3N3O2/c18-11-3-1-4-12(7-11)23-16-21-8-10(9-22-16)13-5-2-6-14-15(13)25-17(19,20)24-14/h1-9H,(H,21,22,23). The Hall–Kier alpha value is -3.29. The molecular formula is C17H10F3N3O2. The van der Waals surface area contributed by atoms with Crippen LogP contribution in [0.4, 0.5) is 24.8 Å². The minimum absolute atomic E-state index is 0.0514. The van der Waals surface area contributed by atoms with Crippen LogP contribution in [0.2, 0.25) is 0 Å². The van der Waals surface area contributed by atoms with Crippen molar-refractivity contribution < 1.29 is 22.6 Å². The molecule has 0 spiro atoms. The van der Waals surface area contributed by atoms with E-state index in [1.807, 2.05) is 0 Å². The highest BCUT2D eigenvalue weighted by Crippen LogP contribution is 2.46. The molecule has 0 unspecified atom stereocenters. The van der Waals surface area contributed by atoms with Crippen LogP contribution >= 0.6 is 0 Å². The zero-order valence-electron chi connectivity index (χ0n) is 12.5. The molecule has 1 N–H and O–H groups in total. The number of aromatic nitrogens is 2. The second kappa shape index (κ2) is 5.66. The van der Waals surface area contributed by atoms with Gasteiger partial charge in [0.1, 0.15) is 5.82 Å². The first-order chi connectivity index (χ1) is 12.0. The lowest BCUT2D eigenvalue weighted by Gasteiger charge is -2.08. The fraction of sp³-hybridized carbons (Fsp3) is 0.0588. The smallest absolute Gasteiger partial charge is 0.395 e. The van der Waals surface area contributed by atoms with Crippen LogP contribution in [-0.4, -0.2) is 16.3 Å². The van der Waals surface area contributed by atoms with Crippen molar-refractivity contribution in [3.05, 3.63) is 60.7 Å². The van der Waals surface area contributed by atoms with Crippen LogP contribution in [0.15, 0.2) is 54.9 Å². The van der Waals surface area contributed by atoms with Crippen LogP contribution in [-0.2, 0) is 0 Å². The van der Waals surface area contributed by atoms with E-state index in [1.165, 1.54) is 30.6 Å². The van der Waals surface area contributed by atoms with Crippen LogP contribution in [0, 0.1) is 5.82 Å². The number of nitrogens with one attached hydrogen (secondary N) is 1. The van der Waals surface area contributed by atoms with Crippen LogP contribution in [0.25, 0.3) is 11.1 Å². The number of halogens is 3. The highest BCUT2D eigenvalue weighted by molar-refractivity contribution is 5.74. The third kappa shape index (κ3) is 3.06. The molecule has 0 bridgehead atoms. The Morgan fingerprint density at radius 1 is 0.960 bits per heavy atom. The minimum atomic E-state index is -3.70. The van der Waals surface area contributed by atoms with Gasteiger partial charge in [0.2, 0.25) is 5.95 Å². The zero-order valence-corrected chi connectivity index (χ0v) is 12.5. The molecule has 1 aliphatic rings. The molecule has 0 fully saturated rings. The fourth-order valence-electron chi connectivity index (χ4n) is 2.42. The normalized spacial score (nSPS) is 14.4. The Labute approximate surface area is 140 Å². The van der Waals surface area contributed by atoms with Gasteiger partial charge in [-0.3, -0.25) is 0 Å². The monoisotopic (exact) mass is 345 g/mol.